The number of rotatable bonds is 12. The van der Waals surface area contributed by atoms with E-state index >= 15 is 0 Å². The van der Waals surface area contributed by atoms with Gasteiger partial charge in [-0.3, -0.25) is 4.79 Å². The molecule has 3 fully saturated rings. The summed E-state index contributed by atoms with van der Waals surface area (Å²) in [6.45, 7) is 18.5. The van der Waals surface area contributed by atoms with Gasteiger partial charge in [0.15, 0.2) is 0 Å². The zero-order valence-electron chi connectivity index (χ0n) is 29.8. The van der Waals surface area contributed by atoms with Crippen LogP contribution in [0.4, 0.5) is 4.79 Å². The maximum absolute atomic E-state index is 14.0. The lowest BCUT2D eigenvalue weighted by atomic mass is 9.43. The summed E-state index contributed by atoms with van der Waals surface area (Å²) >= 11 is 0. The van der Waals surface area contributed by atoms with Gasteiger partial charge in [0.25, 0.3) is 7.48 Å². The number of carbonyl (C=O) groups excluding carboxylic acids is 2. The van der Waals surface area contributed by atoms with E-state index in [0.29, 0.717) is 12.3 Å². The molecule has 6 rings (SSSR count). The molecule has 4 aliphatic carbocycles. The van der Waals surface area contributed by atoms with E-state index in [1.54, 1.807) is 6.92 Å². The molecule has 47 heavy (non-hydrogen) atoms. The number of hydrogen-bond donors (Lipinski definition) is 3. The minimum absolute atomic E-state index is 0.0938. The van der Waals surface area contributed by atoms with Crippen molar-refractivity contribution in [2.75, 3.05) is 6.61 Å². The van der Waals surface area contributed by atoms with Crippen LogP contribution in [-0.2, 0) is 18.9 Å². The van der Waals surface area contributed by atoms with Crippen molar-refractivity contribution >= 4 is 19.5 Å². The lowest BCUT2D eigenvalue weighted by Crippen LogP contribution is -2.68. The van der Waals surface area contributed by atoms with Crippen LogP contribution in [0.2, 0.25) is 0 Å². The minimum atomic E-state index is -0.998. The SMILES string of the molecule is CC(C)C[C@@H](BO[C@]1(C)[C@H](O)C[C@@H]2C[C@H]1C2(C)C)NC(=O)[C@@H](NC(=O)OCC1c2ccccc2-c2ccccc21)[C@@H](C)OC(C)(C)C. The van der Waals surface area contributed by atoms with Crippen molar-refractivity contribution in [3.63, 3.8) is 0 Å². The van der Waals surface area contributed by atoms with Crippen LogP contribution >= 0.6 is 0 Å². The Bertz CT molecular complexity index is 1390. The number of hydrogen-bond acceptors (Lipinski definition) is 6. The molecule has 0 spiro atoms. The van der Waals surface area contributed by atoms with Gasteiger partial charge in [-0.2, -0.15) is 0 Å². The molecule has 3 N–H and O–H groups in total. The van der Waals surface area contributed by atoms with E-state index in [0.717, 1.165) is 35.1 Å². The van der Waals surface area contributed by atoms with E-state index in [2.05, 4.69) is 62.6 Å². The average Bonchev–Trinajstić information content (AvgIpc) is 3.31. The van der Waals surface area contributed by atoms with E-state index in [1.165, 1.54) is 0 Å². The molecule has 0 saturated heterocycles. The Morgan fingerprint density at radius 1 is 0.957 bits per heavy atom. The molecule has 256 valence electrons. The fourth-order valence-corrected chi connectivity index (χ4v) is 8.42. The number of fused-ring (bicyclic) bond motifs is 5. The molecule has 2 aromatic rings. The molecule has 0 aliphatic heterocycles. The molecule has 2 bridgehead atoms. The highest BCUT2D eigenvalue weighted by molar-refractivity contribution is 6.30. The Balaban J connectivity index is 1.27. The third-order valence-electron chi connectivity index (χ3n) is 10.9. The van der Waals surface area contributed by atoms with Crippen LogP contribution in [0.3, 0.4) is 0 Å². The number of alkyl carbamates (subject to hydrolysis) is 1. The quantitative estimate of drug-likeness (QED) is 0.240. The summed E-state index contributed by atoms with van der Waals surface area (Å²) in [6.07, 6.45) is 0.609. The minimum Gasteiger partial charge on any atom is -0.449 e. The van der Waals surface area contributed by atoms with Crippen molar-refractivity contribution < 1.29 is 28.8 Å². The van der Waals surface area contributed by atoms with E-state index in [-0.39, 0.29) is 49.1 Å². The summed E-state index contributed by atoms with van der Waals surface area (Å²) in [5.74, 6) is 0.281. The van der Waals surface area contributed by atoms with Crippen LogP contribution in [0.1, 0.15) is 98.6 Å². The molecule has 7 atom stereocenters. The maximum atomic E-state index is 14.0. The highest BCUT2D eigenvalue weighted by atomic mass is 16.6. The van der Waals surface area contributed by atoms with Crippen molar-refractivity contribution in [1.82, 2.24) is 10.6 Å². The number of amides is 2. The largest absolute Gasteiger partial charge is 0.449 e. The number of carbonyl (C=O) groups is 2. The molecule has 9 heteroatoms. The average molecular weight is 647 g/mol. The molecule has 0 aromatic heterocycles. The standard InChI is InChI=1S/C38H55BN2O6/c1-22(2)18-32(39-47-38(9)30-19-24(20-31(38)42)37(30,7)8)40-34(43)33(23(3)46-36(4,5)6)41-35(44)45-21-29-27-16-12-10-14-25(27)26-15-11-13-17-28(26)29/h10-17,22-24,29-33,39,42H,18-21H2,1-9H3,(H,40,43)(H,41,44)/t23-,24+,30+,31-,32+,33+,38+/m1/s1. The third kappa shape index (κ3) is 7.42. The molecule has 0 unspecified atom stereocenters. The molecule has 4 aliphatic rings. The monoisotopic (exact) mass is 646 g/mol. The number of nitrogens with one attached hydrogen (secondary N) is 2. The Hall–Kier alpha value is -2.88. The number of aliphatic hydroxyl groups is 1. The van der Waals surface area contributed by atoms with Gasteiger partial charge in [0.05, 0.1) is 23.4 Å². The first-order valence-corrected chi connectivity index (χ1v) is 17.4. The van der Waals surface area contributed by atoms with E-state index < -0.39 is 35.5 Å². The van der Waals surface area contributed by atoms with Crippen molar-refractivity contribution in [1.29, 1.82) is 0 Å². The van der Waals surface area contributed by atoms with Crippen molar-refractivity contribution in [3.8, 4) is 11.1 Å². The number of benzene rings is 2. The van der Waals surface area contributed by atoms with Crippen molar-refractivity contribution in [3.05, 3.63) is 59.7 Å². The van der Waals surface area contributed by atoms with Crippen LogP contribution in [0, 0.1) is 23.2 Å². The predicted molar refractivity (Wildman–Crippen MR) is 186 cm³/mol. The van der Waals surface area contributed by atoms with Gasteiger partial charge in [-0.15, -0.1) is 0 Å². The summed E-state index contributed by atoms with van der Waals surface area (Å²) in [5, 5.41) is 17.1. The Kier molecular flexibility index (Phi) is 10.2. The topological polar surface area (TPSA) is 106 Å². The first-order valence-electron chi connectivity index (χ1n) is 17.4. The van der Waals surface area contributed by atoms with Crippen LogP contribution in [0.15, 0.2) is 48.5 Å². The summed E-state index contributed by atoms with van der Waals surface area (Å²) in [5.41, 5.74) is 3.43. The van der Waals surface area contributed by atoms with Gasteiger partial charge < -0.3 is 29.9 Å². The van der Waals surface area contributed by atoms with E-state index in [4.69, 9.17) is 14.1 Å². The van der Waals surface area contributed by atoms with Crippen LogP contribution in [0.5, 0.6) is 0 Å². The molecular weight excluding hydrogens is 591 g/mol. The van der Waals surface area contributed by atoms with Gasteiger partial charge in [0.1, 0.15) is 12.6 Å². The van der Waals surface area contributed by atoms with Crippen LogP contribution < -0.4 is 10.6 Å². The normalized spacial score (nSPS) is 26.3. The first-order chi connectivity index (χ1) is 22.0. The fraction of sp³-hybridized carbons (Fsp3) is 0.632. The summed E-state index contributed by atoms with van der Waals surface area (Å²) in [6, 6.07) is 15.4. The second-order valence-corrected chi connectivity index (χ2v) is 16.3. The van der Waals surface area contributed by atoms with Gasteiger partial charge >= 0.3 is 6.09 Å². The highest BCUT2D eigenvalue weighted by Crippen LogP contribution is 2.63. The second kappa shape index (κ2) is 13.6. The Labute approximate surface area is 282 Å². The first kappa shape index (κ1) is 35.4. The van der Waals surface area contributed by atoms with Crippen molar-refractivity contribution in [2.45, 2.75) is 123 Å². The predicted octanol–water partition coefficient (Wildman–Crippen LogP) is 6.14. The maximum Gasteiger partial charge on any atom is 0.407 e. The van der Waals surface area contributed by atoms with Crippen molar-refractivity contribution in [2.24, 2.45) is 23.2 Å². The highest BCUT2D eigenvalue weighted by Gasteiger charge is 2.63. The zero-order chi connectivity index (χ0) is 34.3. The van der Waals surface area contributed by atoms with Gasteiger partial charge in [-0.1, -0.05) is 76.2 Å². The van der Waals surface area contributed by atoms with E-state index in [9.17, 15) is 14.7 Å². The molecular formula is C38H55BN2O6. The molecule has 0 heterocycles. The van der Waals surface area contributed by atoms with Gasteiger partial charge in [0.2, 0.25) is 5.91 Å². The van der Waals surface area contributed by atoms with Gasteiger partial charge in [-0.25, -0.2) is 4.79 Å². The number of ether oxygens (including phenoxy) is 2. The molecule has 8 nitrogen and oxygen atoms in total. The fourth-order valence-electron chi connectivity index (χ4n) is 8.42. The van der Waals surface area contributed by atoms with Gasteiger partial charge in [0, 0.05) is 11.9 Å². The second-order valence-electron chi connectivity index (χ2n) is 16.3. The molecule has 3 saturated carbocycles. The summed E-state index contributed by atoms with van der Waals surface area (Å²) in [4.78, 5) is 27.4. The van der Waals surface area contributed by atoms with Crippen LogP contribution in [-0.4, -0.2) is 66.6 Å². The third-order valence-corrected chi connectivity index (χ3v) is 10.9. The molecule has 2 amide bonds. The number of aliphatic hydroxyl groups excluding tert-OH is 1. The lowest BCUT2D eigenvalue weighted by molar-refractivity contribution is -0.234. The smallest absolute Gasteiger partial charge is 0.407 e. The van der Waals surface area contributed by atoms with E-state index in [1.807, 2.05) is 52.0 Å². The Morgan fingerprint density at radius 3 is 2.11 bits per heavy atom. The Morgan fingerprint density at radius 2 is 1.55 bits per heavy atom. The molecule has 0 radical (unpaired) electrons. The van der Waals surface area contributed by atoms with Gasteiger partial charge in [-0.05, 0) is 99.3 Å². The summed E-state index contributed by atoms with van der Waals surface area (Å²) in [7, 11) is 0.265. The summed E-state index contributed by atoms with van der Waals surface area (Å²) < 4.78 is 18.6. The molecule has 2 aromatic carbocycles. The lowest BCUT2D eigenvalue weighted by Gasteiger charge is -2.66. The van der Waals surface area contributed by atoms with Crippen LogP contribution in [0.25, 0.3) is 11.1 Å². The zero-order valence-corrected chi connectivity index (χ0v) is 29.8.